The molecule has 7 heterocycles. The molecule has 8 aromatic carbocycles. The monoisotopic (exact) mass is 1730 g/mol. The van der Waals surface area contributed by atoms with E-state index < -0.39 is 11.6 Å². The summed E-state index contributed by atoms with van der Waals surface area (Å²) in [7, 11) is 9.06. The van der Waals surface area contributed by atoms with Gasteiger partial charge in [-0.1, -0.05) is 88.2 Å². The Labute approximate surface area is 732 Å². The number of aromatic nitrogens is 12. The highest BCUT2D eigenvalue weighted by Crippen LogP contribution is 2.36. The highest BCUT2D eigenvalue weighted by atomic mass is 35.5. The van der Waals surface area contributed by atoms with Gasteiger partial charge in [0.2, 0.25) is 0 Å². The van der Waals surface area contributed by atoms with Crippen LogP contribution in [0.2, 0.25) is 15.1 Å². The van der Waals surface area contributed by atoms with E-state index in [0.29, 0.717) is 99.9 Å². The molecule has 0 atom stereocenters. The number of terminal acetylenes is 1. The molecule has 0 aliphatic carbocycles. The Balaban J connectivity index is 0.000000151. The highest BCUT2D eigenvalue weighted by molar-refractivity contribution is 7.07. The van der Waals surface area contributed by atoms with Crippen molar-refractivity contribution in [3.05, 3.63) is 364 Å². The molecule has 0 spiro atoms. The van der Waals surface area contributed by atoms with E-state index in [2.05, 4.69) is 92.3 Å². The van der Waals surface area contributed by atoms with E-state index in [1.165, 1.54) is 67.2 Å². The zero-order valence-corrected chi connectivity index (χ0v) is 70.7. The fourth-order valence-corrected chi connectivity index (χ4v) is 12.6. The van der Waals surface area contributed by atoms with Crippen LogP contribution in [-0.2, 0) is 0 Å². The van der Waals surface area contributed by atoms with Crippen molar-refractivity contribution in [1.82, 2.24) is 59.8 Å². The standard InChI is InChI=1S/C20H15ClN4O.2C19H17ClN4O.C18H16FN5O.C15H12FN5OS/c1-3-14-5-4-6-15(7-14)20(26)24-17-8-16(21)9-18(10-17)25(2)19-11-22-13-23-12-19;2*1-13-4-3-5-14(8-13)19(25)23-18-9-15(6-7-17(18)20)24(2)16-10-21-12-22-11-16;1-12-4-3-5-16(22-12)18(25)23-13-6-7-15(19)17(8-13)24(2)14-9-20-11-21-10-14;1-21(11-5-17-8-18-6-11)14-4-10(2-3-12(14)16)20-15(22)13-7-23-9-19-13/h1,4-13H,2H3,(H,24,26);2*3-12H,1-2H3,(H,23,25);3-11H,1-2H3,(H,23,25);2-9H,1H3,(H,20,22). The second kappa shape index (κ2) is 43.5. The summed E-state index contributed by atoms with van der Waals surface area (Å²) in [5.74, 6) is 0.328. The number of aryl methyl sites for hydroxylation is 3. The van der Waals surface area contributed by atoms with Crippen LogP contribution >= 0.6 is 46.1 Å². The summed E-state index contributed by atoms with van der Waals surface area (Å²) >= 11 is 20.1. The quantitative estimate of drug-likeness (QED) is 0.0443. The van der Waals surface area contributed by atoms with Gasteiger partial charge in [-0.05, 0) is 166 Å². The lowest BCUT2D eigenvalue weighted by Crippen LogP contribution is -2.16. The maximum absolute atomic E-state index is 14.2. The Hall–Kier alpha value is -15.4. The van der Waals surface area contributed by atoms with Crippen LogP contribution < -0.4 is 51.1 Å². The molecule has 0 aliphatic heterocycles. The van der Waals surface area contributed by atoms with Gasteiger partial charge in [-0.3, -0.25) is 24.0 Å². The van der Waals surface area contributed by atoms with Gasteiger partial charge in [-0.2, -0.15) is 0 Å². The number of hydrogen-bond acceptors (Lipinski definition) is 23. The fraction of sp³-hybridized carbons (Fsp3) is 0.0879. The summed E-state index contributed by atoms with van der Waals surface area (Å²) in [5, 5.41) is 17.1. The van der Waals surface area contributed by atoms with E-state index in [1.807, 2.05) is 129 Å². The number of thiazole rings is 1. The number of rotatable bonds is 20. The van der Waals surface area contributed by atoms with E-state index in [0.717, 1.165) is 50.9 Å². The Morgan fingerprint density at radius 1 is 0.371 bits per heavy atom. The number of hydrogen-bond donors (Lipinski definition) is 5. The van der Waals surface area contributed by atoms with E-state index in [4.69, 9.17) is 41.2 Å². The zero-order chi connectivity index (χ0) is 88.2. The van der Waals surface area contributed by atoms with Gasteiger partial charge in [0.05, 0.1) is 129 Å². The second-order valence-electron chi connectivity index (χ2n) is 26.9. The largest absolute Gasteiger partial charge is 0.342 e. The fourth-order valence-electron chi connectivity index (χ4n) is 11.5. The first-order chi connectivity index (χ1) is 59.8. The topological polar surface area (TPSA) is 316 Å². The third-order valence-corrected chi connectivity index (χ3v) is 19.6. The molecule has 0 fully saturated rings. The van der Waals surface area contributed by atoms with Crippen molar-refractivity contribution < 1.29 is 32.8 Å². The van der Waals surface area contributed by atoms with Crippen molar-refractivity contribution in [1.29, 1.82) is 0 Å². The third kappa shape index (κ3) is 25.1. The van der Waals surface area contributed by atoms with Gasteiger partial charge in [0.15, 0.2) is 0 Å². The number of nitrogens with zero attached hydrogens (tertiary/aromatic N) is 17. The number of amides is 5. The van der Waals surface area contributed by atoms with Crippen molar-refractivity contribution in [2.75, 3.05) is 86.3 Å². The van der Waals surface area contributed by atoms with Gasteiger partial charge >= 0.3 is 0 Å². The average Bonchev–Trinajstić information content (AvgIpc) is 0.912. The summed E-state index contributed by atoms with van der Waals surface area (Å²) in [5.41, 5.74) is 16.8. The molecular weight excluding hydrogens is 1660 g/mol. The Morgan fingerprint density at radius 2 is 0.758 bits per heavy atom. The summed E-state index contributed by atoms with van der Waals surface area (Å²) in [6.07, 6.45) is 29.2. The van der Waals surface area contributed by atoms with Crippen LogP contribution in [-0.4, -0.2) is 125 Å². The predicted octanol–water partition coefficient (Wildman–Crippen LogP) is 19.5. The van der Waals surface area contributed by atoms with E-state index >= 15 is 0 Å². The minimum atomic E-state index is -0.418. The lowest BCUT2D eigenvalue weighted by molar-refractivity contribution is 0.101. The molecule has 0 radical (unpaired) electrons. The van der Waals surface area contributed by atoms with Gasteiger partial charge in [0.1, 0.15) is 54.7 Å². The molecule has 0 bridgehead atoms. The van der Waals surface area contributed by atoms with Gasteiger partial charge in [-0.15, -0.1) is 17.8 Å². The molecule has 0 aliphatic rings. The van der Waals surface area contributed by atoms with E-state index in [-0.39, 0.29) is 29.5 Å². The van der Waals surface area contributed by atoms with Crippen LogP contribution in [0.15, 0.2) is 286 Å². The Morgan fingerprint density at radius 3 is 1.17 bits per heavy atom. The molecule has 124 heavy (non-hydrogen) atoms. The molecule has 33 heteroatoms. The smallest absolute Gasteiger partial charge is 0.275 e. The van der Waals surface area contributed by atoms with Crippen LogP contribution in [0.1, 0.15) is 74.4 Å². The SMILES string of the molecule is C#Cc1cccc(C(=O)Nc2cc(Cl)cc(N(C)c3cncnc3)c2)c1.CN(c1cncnc1)c1cc(NC(=O)c2cscn2)ccc1F.Cc1cccc(C(=O)Nc2cc(N(C)c3cncnc3)ccc2Cl)c1.Cc1cccc(C(=O)Nc2cc(N(C)c3cncnc3)ccc2Cl)c1.Cc1cccc(C(=O)Nc2ccc(F)c(N(C)c3cncnc3)c2)n1. The first-order valence-corrected chi connectivity index (χ1v) is 39.4. The van der Waals surface area contributed by atoms with Gasteiger partial charge in [0.25, 0.3) is 29.5 Å². The summed E-state index contributed by atoms with van der Waals surface area (Å²) in [6.45, 7) is 5.70. The molecule has 27 nitrogen and oxygen atoms in total. The van der Waals surface area contributed by atoms with Crippen molar-refractivity contribution in [2.24, 2.45) is 0 Å². The summed E-state index contributed by atoms with van der Waals surface area (Å²) in [6, 6.07) is 51.8. The maximum atomic E-state index is 14.2. The van der Waals surface area contributed by atoms with Crippen LogP contribution in [0.25, 0.3) is 0 Å². The molecule has 15 aromatic rings. The van der Waals surface area contributed by atoms with E-state index in [1.54, 1.807) is 182 Å². The molecule has 0 saturated carbocycles. The number of benzene rings is 8. The highest BCUT2D eigenvalue weighted by Gasteiger charge is 2.20. The van der Waals surface area contributed by atoms with E-state index in [9.17, 15) is 32.8 Å². The minimum Gasteiger partial charge on any atom is -0.342 e. The average molecular weight is 1740 g/mol. The number of pyridine rings is 1. The third-order valence-electron chi connectivity index (χ3n) is 18.1. The van der Waals surface area contributed by atoms with Crippen LogP contribution in [0.5, 0.6) is 0 Å². The molecule has 5 amide bonds. The van der Waals surface area contributed by atoms with Crippen LogP contribution in [0, 0.1) is 44.7 Å². The number of halogens is 5. The molecular formula is C91H77Cl3F2N22O5S. The Kier molecular flexibility index (Phi) is 31.4. The van der Waals surface area contributed by atoms with Gasteiger partial charge in [-0.25, -0.2) is 68.6 Å². The maximum Gasteiger partial charge on any atom is 0.275 e. The number of anilines is 15. The molecule has 622 valence electrons. The molecule has 5 N–H and O–H groups in total. The molecule has 7 aromatic heterocycles. The molecule has 0 unspecified atom stereocenters. The zero-order valence-electron chi connectivity index (χ0n) is 67.7. The van der Waals surface area contributed by atoms with Crippen molar-refractivity contribution in [3.8, 4) is 12.3 Å². The van der Waals surface area contributed by atoms with Gasteiger partial charge in [0, 0.05) is 108 Å². The van der Waals surface area contributed by atoms with Crippen molar-refractivity contribution in [2.45, 2.75) is 20.8 Å². The first-order valence-electron chi connectivity index (χ1n) is 37.4. The van der Waals surface area contributed by atoms with Crippen LogP contribution in [0.4, 0.5) is 94.1 Å². The normalized spacial score (nSPS) is 10.3. The van der Waals surface area contributed by atoms with Crippen LogP contribution in [0.3, 0.4) is 0 Å². The summed E-state index contributed by atoms with van der Waals surface area (Å²) < 4.78 is 28.3. The van der Waals surface area contributed by atoms with Gasteiger partial charge < -0.3 is 51.1 Å². The lowest BCUT2D eigenvalue weighted by Gasteiger charge is -2.20. The Bertz CT molecular complexity index is 6100. The van der Waals surface area contributed by atoms with Crippen molar-refractivity contribution >= 4 is 161 Å². The predicted molar refractivity (Wildman–Crippen MR) is 485 cm³/mol. The number of nitrogens with one attached hydrogen (secondary N) is 5. The first kappa shape index (κ1) is 89.4. The van der Waals surface area contributed by atoms with Crippen molar-refractivity contribution in [3.63, 3.8) is 0 Å². The lowest BCUT2D eigenvalue weighted by atomic mass is 10.1. The number of carbonyl (C=O) groups excluding carboxylic acids is 5. The second-order valence-corrected chi connectivity index (χ2v) is 28.9. The summed E-state index contributed by atoms with van der Waals surface area (Å²) in [4.78, 5) is 119. The minimum absolute atomic E-state index is 0.201. The molecule has 0 saturated heterocycles. The molecule has 15 rings (SSSR count). The number of carbonyl (C=O) groups is 5.